The van der Waals surface area contributed by atoms with Crippen molar-refractivity contribution in [1.29, 1.82) is 0 Å². The van der Waals surface area contributed by atoms with Crippen molar-refractivity contribution in [2.24, 2.45) is 0 Å². The minimum atomic E-state index is -4.89. The topological polar surface area (TPSA) is 101 Å². The van der Waals surface area contributed by atoms with Gasteiger partial charge in [0.25, 0.3) is 5.91 Å². The second kappa shape index (κ2) is 12.2. The number of ether oxygens (including phenoxy) is 4. The van der Waals surface area contributed by atoms with Crippen molar-refractivity contribution in [3.8, 4) is 22.9 Å². The molecule has 1 N–H and O–H groups in total. The van der Waals surface area contributed by atoms with E-state index >= 15 is 0 Å². The highest BCUT2D eigenvalue weighted by Gasteiger charge is 2.43. The molecule has 0 saturated heterocycles. The zero-order chi connectivity index (χ0) is 33.4. The molecule has 242 valence electrons. The standard InChI is InChI=1S/C31H25ClF5N3O6/c1-29(2,3)46-28(42)18-8-10-21(11-9-18)43-16-22-25(32)26(30(33,34)35)39-40(22)20-6-4-5-19(14-20)27(41)38-15-17-7-12-23-24(13-17)45-31(36,37)44-23/h4-14H,15-16H2,1-3H3,(H,38,41). The highest BCUT2D eigenvalue weighted by atomic mass is 35.5. The number of esters is 1. The van der Waals surface area contributed by atoms with Crippen LogP contribution in [0.1, 0.15) is 58.4 Å². The second-order valence-electron chi connectivity index (χ2n) is 11.0. The summed E-state index contributed by atoms with van der Waals surface area (Å²) in [7, 11) is 0. The van der Waals surface area contributed by atoms with E-state index in [1.54, 1.807) is 20.8 Å². The first-order valence-electron chi connectivity index (χ1n) is 13.6. The predicted molar refractivity (Wildman–Crippen MR) is 153 cm³/mol. The first-order chi connectivity index (χ1) is 21.5. The van der Waals surface area contributed by atoms with E-state index in [2.05, 4.69) is 19.9 Å². The van der Waals surface area contributed by atoms with Gasteiger partial charge in [0.05, 0.1) is 16.3 Å². The van der Waals surface area contributed by atoms with E-state index in [4.69, 9.17) is 21.1 Å². The van der Waals surface area contributed by atoms with Gasteiger partial charge in [0.15, 0.2) is 17.2 Å². The third-order valence-corrected chi connectivity index (χ3v) is 6.72. The average molecular weight is 666 g/mol. The van der Waals surface area contributed by atoms with Gasteiger partial charge in [-0.05, 0) is 80.9 Å². The molecule has 5 rings (SSSR count). The van der Waals surface area contributed by atoms with E-state index in [-0.39, 0.29) is 46.3 Å². The molecule has 0 bridgehead atoms. The third kappa shape index (κ3) is 7.50. The molecule has 0 saturated carbocycles. The largest absolute Gasteiger partial charge is 0.586 e. The van der Waals surface area contributed by atoms with Gasteiger partial charge in [-0.1, -0.05) is 23.7 Å². The van der Waals surface area contributed by atoms with Crippen LogP contribution < -0.4 is 19.5 Å². The lowest BCUT2D eigenvalue weighted by Gasteiger charge is -2.19. The Labute approximate surface area is 263 Å². The fourth-order valence-electron chi connectivity index (χ4n) is 4.30. The van der Waals surface area contributed by atoms with Gasteiger partial charge < -0.3 is 24.3 Å². The van der Waals surface area contributed by atoms with Crippen LogP contribution in [0, 0.1) is 0 Å². The van der Waals surface area contributed by atoms with Crippen molar-refractivity contribution < 1.29 is 50.5 Å². The SMILES string of the molecule is CC(C)(C)OC(=O)c1ccc(OCc2c(Cl)c(C(F)(F)F)nn2-c2cccc(C(=O)NCc3ccc4c(c3)OC(F)(F)O4)c2)cc1. The molecule has 1 amide bonds. The molecule has 0 radical (unpaired) electrons. The Morgan fingerprint density at radius 2 is 1.65 bits per heavy atom. The smallest absolute Gasteiger partial charge is 0.487 e. The van der Waals surface area contributed by atoms with Crippen LogP contribution in [0.15, 0.2) is 66.7 Å². The number of alkyl halides is 5. The summed E-state index contributed by atoms with van der Waals surface area (Å²) >= 11 is 6.15. The van der Waals surface area contributed by atoms with Gasteiger partial charge in [-0.2, -0.15) is 18.3 Å². The number of hydrogen-bond donors (Lipinski definition) is 1. The summed E-state index contributed by atoms with van der Waals surface area (Å²) in [5, 5.41) is 5.60. The van der Waals surface area contributed by atoms with Crippen LogP contribution in [-0.2, 0) is 24.1 Å². The first-order valence-corrected chi connectivity index (χ1v) is 13.9. The molecular formula is C31H25ClF5N3O6. The maximum absolute atomic E-state index is 13.8. The molecule has 0 aliphatic carbocycles. The predicted octanol–water partition coefficient (Wildman–Crippen LogP) is 7.33. The first kappa shape index (κ1) is 32.5. The van der Waals surface area contributed by atoms with Gasteiger partial charge in [0.2, 0.25) is 0 Å². The molecule has 0 atom stereocenters. The maximum atomic E-state index is 13.8. The monoisotopic (exact) mass is 665 g/mol. The van der Waals surface area contributed by atoms with Crippen molar-refractivity contribution in [2.45, 2.75) is 52.0 Å². The minimum absolute atomic E-state index is 0.0644. The molecule has 0 spiro atoms. The molecule has 1 aliphatic heterocycles. The number of carbonyl (C=O) groups is 2. The van der Waals surface area contributed by atoms with E-state index in [0.29, 0.717) is 5.56 Å². The van der Waals surface area contributed by atoms with Crippen LogP contribution in [0.25, 0.3) is 5.69 Å². The van der Waals surface area contributed by atoms with Gasteiger partial charge in [-0.3, -0.25) is 4.79 Å². The van der Waals surface area contributed by atoms with Crippen molar-refractivity contribution >= 4 is 23.5 Å². The van der Waals surface area contributed by atoms with Crippen molar-refractivity contribution in [3.05, 3.63) is 99.8 Å². The molecule has 4 aromatic rings. The summed E-state index contributed by atoms with van der Waals surface area (Å²) in [5.41, 5.74) is -1.39. The Morgan fingerprint density at radius 3 is 2.33 bits per heavy atom. The quantitative estimate of drug-likeness (QED) is 0.155. The van der Waals surface area contributed by atoms with E-state index in [1.807, 2.05) is 0 Å². The van der Waals surface area contributed by atoms with Crippen LogP contribution in [-0.4, -0.2) is 33.6 Å². The molecule has 0 unspecified atom stereocenters. The molecule has 0 fully saturated rings. The zero-order valence-electron chi connectivity index (χ0n) is 24.4. The van der Waals surface area contributed by atoms with E-state index in [9.17, 15) is 31.5 Å². The fraction of sp³-hybridized carbons (Fsp3) is 0.258. The number of amides is 1. The normalized spacial score (nSPS) is 13.8. The third-order valence-electron chi connectivity index (χ3n) is 6.32. The number of nitrogens with zero attached hydrogens (tertiary/aromatic N) is 2. The summed E-state index contributed by atoms with van der Waals surface area (Å²) < 4.78 is 88.7. The summed E-state index contributed by atoms with van der Waals surface area (Å²) in [6.45, 7) is 4.64. The maximum Gasteiger partial charge on any atom is 0.586 e. The second-order valence-corrected chi connectivity index (χ2v) is 11.4. The van der Waals surface area contributed by atoms with Crippen molar-refractivity contribution in [2.75, 3.05) is 0 Å². The number of fused-ring (bicyclic) bond motifs is 1. The number of carbonyl (C=O) groups excluding carboxylic acids is 2. The van der Waals surface area contributed by atoms with Crippen molar-refractivity contribution in [3.63, 3.8) is 0 Å². The van der Waals surface area contributed by atoms with Crippen LogP contribution in [0.4, 0.5) is 22.0 Å². The summed E-state index contributed by atoms with van der Waals surface area (Å²) in [4.78, 5) is 25.2. The Morgan fingerprint density at radius 1 is 0.957 bits per heavy atom. The molecule has 46 heavy (non-hydrogen) atoms. The number of hydrogen-bond acceptors (Lipinski definition) is 7. The van der Waals surface area contributed by atoms with Gasteiger partial charge in [-0.15, -0.1) is 8.78 Å². The Kier molecular flexibility index (Phi) is 8.60. The Balaban J connectivity index is 1.33. The lowest BCUT2D eigenvalue weighted by atomic mass is 10.1. The van der Waals surface area contributed by atoms with Gasteiger partial charge >= 0.3 is 18.4 Å². The highest BCUT2D eigenvalue weighted by molar-refractivity contribution is 6.32. The molecule has 3 aromatic carbocycles. The molecule has 9 nitrogen and oxygen atoms in total. The molecule has 1 aromatic heterocycles. The van der Waals surface area contributed by atoms with Gasteiger partial charge in [0.1, 0.15) is 23.7 Å². The lowest BCUT2D eigenvalue weighted by molar-refractivity contribution is -0.286. The average Bonchev–Trinajstić information content (AvgIpc) is 3.48. The van der Waals surface area contributed by atoms with Gasteiger partial charge in [0, 0.05) is 12.1 Å². The minimum Gasteiger partial charge on any atom is -0.487 e. The van der Waals surface area contributed by atoms with E-state index < -0.39 is 47.3 Å². The Bertz CT molecular complexity index is 1780. The van der Waals surface area contributed by atoms with Crippen LogP contribution in [0.2, 0.25) is 5.02 Å². The summed E-state index contributed by atoms with van der Waals surface area (Å²) in [6, 6.07) is 15.4. The van der Waals surface area contributed by atoms with Crippen LogP contribution >= 0.6 is 11.6 Å². The van der Waals surface area contributed by atoms with Crippen LogP contribution in [0.3, 0.4) is 0 Å². The fourth-order valence-corrected chi connectivity index (χ4v) is 4.58. The van der Waals surface area contributed by atoms with E-state index in [1.165, 1.54) is 66.7 Å². The summed E-state index contributed by atoms with van der Waals surface area (Å²) in [5.74, 6) is -1.28. The number of halogens is 6. The summed E-state index contributed by atoms with van der Waals surface area (Å²) in [6.07, 6.45) is -8.68. The Hall–Kier alpha value is -4.85. The lowest BCUT2D eigenvalue weighted by Crippen LogP contribution is -2.26. The number of aromatic nitrogens is 2. The molecule has 2 heterocycles. The number of benzene rings is 3. The highest BCUT2D eigenvalue weighted by Crippen LogP contribution is 2.41. The van der Waals surface area contributed by atoms with Crippen molar-refractivity contribution in [1.82, 2.24) is 15.1 Å². The molecule has 15 heteroatoms. The van der Waals surface area contributed by atoms with Crippen LogP contribution in [0.5, 0.6) is 17.2 Å². The van der Waals surface area contributed by atoms with E-state index in [0.717, 1.165) is 4.68 Å². The number of rotatable bonds is 8. The number of nitrogens with one attached hydrogen (secondary N) is 1. The molecule has 1 aliphatic rings. The zero-order valence-corrected chi connectivity index (χ0v) is 25.1. The van der Waals surface area contributed by atoms with Gasteiger partial charge in [-0.25, -0.2) is 9.48 Å². The molecular weight excluding hydrogens is 641 g/mol.